The van der Waals surface area contributed by atoms with Crippen LogP contribution in [-0.4, -0.2) is 39.7 Å². The Bertz CT molecular complexity index is 467. The first-order valence-electron chi connectivity index (χ1n) is 6.78. The highest BCUT2D eigenvalue weighted by molar-refractivity contribution is 8.03. The molecule has 0 saturated heterocycles. The molecule has 9 heteroatoms. The van der Waals surface area contributed by atoms with Crippen LogP contribution in [0.2, 0.25) is 0 Å². The van der Waals surface area contributed by atoms with Crippen molar-refractivity contribution in [3.63, 3.8) is 0 Å². The van der Waals surface area contributed by atoms with E-state index in [0.717, 1.165) is 27.3 Å². The Morgan fingerprint density at radius 3 is 2.67 bits per heavy atom. The Morgan fingerprint density at radius 1 is 1.29 bits per heavy atom. The zero-order valence-electron chi connectivity index (χ0n) is 12.3. The number of carbonyl (C=O) groups is 2. The van der Waals surface area contributed by atoms with Crippen LogP contribution in [0.15, 0.2) is 8.68 Å². The summed E-state index contributed by atoms with van der Waals surface area (Å²) < 4.78 is 1.66. The molecule has 0 fully saturated rings. The maximum atomic E-state index is 11.8. The molecular formula is C12H20N4O2S3. The summed E-state index contributed by atoms with van der Waals surface area (Å²) in [5, 5.41) is 12.6. The predicted octanol–water partition coefficient (Wildman–Crippen LogP) is 2.76. The van der Waals surface area contributed by atoms with Crippen molar-refractivity contribution < 1.29 is 9.59 Å². The van der Waals surface area contributed by atoms with E-state index in [1.807, 2.05) is 0 Å². The second-order valence-corrected chi connectivity index (χ2v) is 8.05. The quantitative estimate of drug-likeness (QED) is 0.555. The largest absolute Gasteiger partial charge is 0.338 e. The minimum absolute atomic E-state index is 0.332. The number of hydrogen-bond donors (Lipinski definition) is 2. The number of aromatic nitrogens is 2. The molecule has 1 aromatic heterocycles. The van der Waals surface area contributed by atoms with Crippen LogP contribution in [0.25, 0.3) is 0 Å². The Balaban J connectivity index is 2.41. The molecular weight excluding hydrogens is 328 g/mol. The molecule has 0 aromatic carbocycles. The van der Waals surface area contributed by atoms with Gasteiger partial charge in [-0.2, -0.15) is 0 Å². The highest BCUT2D eigenvalue weighted by Gasteiger charge is 2.19. The Morgan fingerprint density at radius 2 is 2.00 bits per heavy atom. The third kappa shape index (κ3) is 7.14. The number of hydrogen-bond acceptors (Lipinski definition) is 7. The zero-order chi connectivity index (χ0) is 15.7. The predicted molar refractivity (Wildman–Crippen MR) is 88.1 cm³/mol. The van der Waals surface area contributed by atoms with Gasteiger partial charge in [0.1, 0.15) is 0 Å². The van der Waals surface area contributed by atoms with Crippen LogP contribution in [0.1, 0.15) is 33.6 Å². The van der Waals surface area contributed by atoms with Crippen molar-refractivity contribution in [3.8, 4) is 0 Å². The second-order valence-electron chi connectivity index (χ2n) is 4.14. The highest BCUT2D eigenvalue weighted by atomic mass is 32.2. The topological polar surface area (TPSA) is 84.0 Å². The Kier molecular flexibility index (Phi) is 8.70. The first-order valence-corrected chi connectivity index (χ1v) is 9.46. The van der Waals surface area contributed by atoms with Gasteiger partial charge < -0.3 is 5.32 Å². The second kappa shape index (κ2) is 10.0. The summed E-state index contributed by atoms with van der Waals surface area (Å²) in [6, 6.07) is -0.469. The van der Waals surface area contributed by atoms with Gasteiger partial charge in [0.05, 0.1) is 5.25 Å². The van der Waals surface area contributed by atoms with E-state index in [1.165, 1.54) is 23.1 Å². The van der Waals surface area contributed by atoms with Crippen LogP contribution in [-0.2, 0) is 4.79 Å². The Labute approximate surface area is 137 Å². The lowest BCUT2D eigenvalue weighted by molar-refractivity contribution is -0.119. The fourth-order valence-electron chi connectivity index (χ4n) is 1.23. The van der Waals surface area contributed by atoms with Crippen LogP contribution in [0.4, 0.5) is 4.79 Å². The molecule has 21 heavy (non-hydrogen) atoms. The average molecular weight is 349 g/mol. The number of carbonyl (C=O) groups excluding carboxylic acids is 2. The molecule has 6 nitrogen and oxygen atoms in total. The van der Waals surface area contributed by atoms with Gasteiger partial charge in [-0.1, -0.05) is 48.2 Å². The van der Waals surface area contributed by atoms with E-state index >= 15 is 0 Å². The van der Waals surface area contributed by atoms with E-state index in [2.05, 4.69) is 27.8 Å². The molecule has 1 atom stereocenters. The van der Waals surface area contributed by atoms with E-state index in [1.54, 1.807) is 25.6 Å². The molecule has 0 aliphatic rings. The summed E-state index contributed by atoms with van der Waals surface area (Å²) in [6.07, 6.45) is 2.31. The first kappa shape index (κ1) is 18.2. The van der Waals surface area contributed by atoms with E-state index in [9.17, 15) is 9.59 Å². The van der Waals surface area contributed by atoms with E-state index in [0.29, 0.717) is 6.54 Å². The third-order valence-electron chi connectivity index (χ3n) is 2.33. The Hall–Kier alpha value is -0.800. The van der Waals surface area contributed by atoms with Crippen LogP contribution in [0.3, 0.4) is 0 Å². The van der Waals surface area contributed by atoms with Crippen LogP contribution >= 0.6 is 34.9 Å². The van der Waals surface area contributed by atoms with E-state index < -0.39 is 11.3 Å². The SMILES string of the molecule is CCCCSc1nnc(SC(C)C(=O)NC(=O)NCC)s1. The minimum Gasteiger partial charge on any atom is -0.338 e. The van der Waals surface area contributed by atoms with Crippen molar-refractivity contribution in [2.75, 3.05) is 12.3 Å². The van der Waals surface area contributed by atoms with Gasteiger partial charge in [-0.25, -0.2) is 4.79 Å². The number of amides is 3. The van der Waals surface area contributed by atoms with E-state index in [-0.39, 0.29) is 5.91 Å². The van der Waals surface area contributed by atoms with Crippen LogP contribution in [0.5, 0.6) is 0 Å². The molecule has 0 radical (unpaired) electrons. The lowest BCUT2D eigenvalue weighted by Crippen LogP contribution is -2.42. The molecule has 0 spiro atoms. The van der Waals surface area contributed by atoms with Gasteiger partial charge in [0, 0.05) is 12.3 Å². The normalized spacial score (nSPS) is 12.0. The number of thioether (sulfide) groups is 2. The van der Waals surface area contributed by atoms with Gasteiger partial charge in [-0.3, -0.25) is 10.1 Å². The molecule has 0 aliphatic carbocycles. The number of nitrogens with zero attached hydrogens (tertiary/aromatic N) is 2. The summed E-state index contributed by atoms with van der Waals surface area (Å²) in [6.45, 7) is 6.16. The minimum atomic E-state index is -0.469. The summed E-state index contributed by atoms with van der Waals surface area (Å²) >= 11 is 4.48. The molecule has 1 rings (SSSR count). The zero-order valence-corrected chi connectivity index (χ0v) is 14.8. The summed E-state index contributed by atoms with van der Waals surface area (Å²) in [7, 11) is 0. The van der Waals surface area contributed by atoms with Crippen molar-refractivity contribution in [2.24, 2.45) is 0 Å². The maximum Gasteiger partial charge on any atom is 0.321 e. The molecule has 0 bridgehead atoms. The fourth-order valence-corrected chi connectivity index (χ4v) is 4.55. The third-order valence-corrected chi connectivity index (χ3v) is 5.66. The monoisotopic (exact) mass is 348 g/mol. The number of imide groups is 1. The summed E-state index contributed by atoms with van der Waals surface area (Å²) in [5.74, 6) is 0.699. The molecule has 3 amide bonds. The van der Waals surface area contributed by atoms with E-state index in [4.69, 9.17) is 0 Å². The smallest absolute Gasteiger partial charge is 0.321 e. The van der Waals surface area contributed by atoms with Crippen LogP contribution in [0, 0.1) is 0 Å². The van der Waals surface area contributed by atoms with Crippen LogP contribution < -0.4 is 10.6 Å². The molecule has 118 valence electrons. The maximum absolute atomic E-state index is 11.8. The molecule has 0 saturated carbocycles. The van der Waals surface area contributed by atoms with Gasteiger partial charge in [-0.15, -0.1) is 10.2 Å². The van der Waals surface area contributed by atoms with Gasteiger partial charge in [-0.05, 0) is 20.3 Å². The lowest BCUT2D eigenvalue weighted by atomic mass is 10.4. The fraction of sp³-hybridized carbons (Fsp3) is 0.667. The summed E-state index contributed by atoms with van der Waals surface area (Å²) in [4.78, 5) is 23.1. The van der Waals surface area contributed by atoms with Gasteiger partial charge in [0.15, 0.2) is 8.68 Å². The molecule has 0 aliphatic heterocycles. The molecule has 1 unspecified atom stereocenters. The van der Waals surface area contributed by atoms with Gasteiger partial charge in [0.25, 0.3) is 0 Å². The number of rotatable bonds is 8. The lowest BCUT2D eigenvalue weighted by Gasteiger charge is -2.09. The highest BCUT2D eigenvalue weighted by Crippen LogP contribution is 2.31. The van der Waals surface area contributed by atoms with Gasteiger partial charge >= 0.3 is 6.03 Å². The summed E-state index contributed by atoms with van der Waals surface area (Å²) in [5.41, 5.74) is 0. The van der Waals surface area contributed by atoms with Gasteiger partial charge in [0.2, 0.25) is 5.91 Å². The molecule has 1 aromatic rings. The number of unbranched alkanes of at least 4 members (excludes halogenated alkanes) is 1. The standard InChI is InChI=1S/C12H20N4O2S3/c1-4-6-7-19-11-15-16-12(21-11)20-8(3)9(17)14-10(18)13-5-2/h8H,4-7H2,1-3H3,(H2,13,14,17,18). The average Bonchev–Trinajstić information content (AvgIpc) is 2.86. The number of nitrogens with one attached hydrogen (secondary N) is 2. The molecule has 2 N–H and O–H groups in total. The van der Waals surface area contributed by atoms with Crippen molar-refractivity contribution in [1.29, 1.82) is 0 Å². The van der Waals surface area contributed by atoms with Crippen molar-refractivity contribution in [3.05, 3.63) is 0 Å². The van der Waals surface area contributed by atoms with Crippen molar-refractivity contribution >= 4 is 46.8 Å². The number of urea groups is 1. The van der Waals surface area contributed by atoms with Crippen molar-refractivity contribution in [1.82, 2.24) is 20.8 Å². The molecule has 1 heterocycles. The van der Waals surface area contributed by atoms with Crippen molar-refractivity contribution in [2.45, 2.75) is 47.5 Å². The first-order chi connectivity index (χ1) is 10.1.